The highest BCUT2D eigenvalue weighted by Crippen LogP contribution is 2.29. The van der Waals surface area contributed by atoms with E-state index >= 15 is 0 Å². The Morgan fingerprint density at radius 2 is 1.81 bits per heavy atom. The average molecular weight is 514 g/mol. The maximum Gasteiger partial charge on any atom is 0.245 e. The molecule has 0 unspecified atom stereocenters. The summed E-state index contributed by atoms with van der Waals surface area (Å²) in [5.41, 5.74) is 12.8. The summed E-state index contributed by atoms with van der Waals surface area (Å²) in [6, 6.07) is 7.53. The minimum absolute atomic E-state index is 0.0798. The van der Waals surface area contributed by atoms with E-state index in [-0.39, 0.29) is 25.3 Å². The van der Waals surface area contributed by atoms with Crippen LogP contribution in [0.4, 0.5) is 0 Å². The molecule has 37 heavy (non-hydrogen) atoms. The second-order valence-corrected chi connectivity index (χ2v) is 10.0. The van der Waals surface area contributed by atoms with Gasteiger partial charge in [0.15, 0.2) is 0 Å². The van der Waals surface area contributed by atoms with Crippen LogP contribution in [0.5, 0.6) is 0 Å². The zero-order valence-corrected chi connectivity index (χ0v) is 21.1. The standard InChI is InChI=1S/C27H39N5O5/c28-14-24(34)32-15-21(30-17-32)13-22(29)27(37)31-23(12-19-9-5-2-6-10-19)26(36)25(35)20(16-33)11-18-7-3-1-4-8-18/h1,3-4,7-8,15-17,19-20,22-23,25-26,35-36H,2,5-6,9-14,28-29H2,(H,31,37)/t20-,22-,23-,25+,26+/m0/s1. The zero-order chi connectivity index (χ0) is 26.8. The SMILES string of the molecule is NCC(=O)n1cnc(C[C@H](N)C(=O)N[C@@H](CC2CCCCC2)[C@@H](O)[C@H](O)[C@H](C=O)Cc2ccccc2)c1. The van der Waals surface area contributed by atoms with Gasteiger partial charge in [-0.3, -0.25) is 14.2 Å². The van der Waals surface area contributed by atoms with Gasteiger partial charge in [-0.2, -0.15) is 0 Å². The molecule has 1 aromatic carbocycles. The summed E-state index contributed by atoms with van der Waals surface area (Å²) in [4.78, 5) is 40.7. The molecule has 1 aliphatic carbocycles. The van der Waals surface area contributed by atoms with Crippen LogP contribution < -0.4 is 16.8 Å². The van der Waals surface area contributed by atoms with Crippen LogP contribution in [0.2, 0.25) is 0 Å². The quantitative estimate of drug-likeness (QED) is 0.242. The number of aliphatic hydroxyl groups is 2. The monoisotopic (exact) mass is 513 g/mol. The Morgan fingerprint density at radius 1 is 1.11 bits per heavy atom. The zero-order valence-electron chi connectivity index (χ0n) is 21.1. The van der Waals surface area contributed by atoms with Gasteiger partial charge in [0.25, 0.3) is 0 Å². The lowest BCUT2D eigenvalue weighted by atomic mass is 9.81. The summed E-state index contributed by atoms with van der Waals surface area (Å²) in [5, 5.41) is 25.0. The molecule has 0 bridgehead atoms. The lowest BCUT2D eigenvalue weighted by Crippen LogP contribution is -2.55. The Morgan fingerprint density at radius 3 is 2.46 bits per heavy atom. The molecule has 1 heterocycles. The van der Waals surface area contributed by atoms with E-state index in [1.165, 1.54) is 17.1 Å². The third-order valence-corrected chi connectivity index (χ3v) is 7.19. The molecule has 0 aliphatic heterocycles. The summed E-state index contributed by atoms with van der Waals surface area (Å²) in [6.07, 6.45) is 6.88. The van der Waals surface area contributed by atoms with Crippen molar-refractivity contribution in [2.24, 2.45) is 23.3 Å². The highest BCUT2D eigenvalue weighted by molar-refractivity contribution is 5.82. The van der Waals surface area contributed by atoms with E-state index in [1.54, 1.807) is 0 Å². The molecule has 1 saturated carbocycles. The first-order valence-corrected chi connectivity index (χ1v) is 13.0. The molecular weight excluding hydrogens is 474 g/mol. The number of aldehydes is 1. The molecule has 2 aromatic rings. The van der Waals surface area contributed by atoms with Crippen molar-refractivity contribution in [2.45, 2.75) is 75.7 Å². The predicted octanol–water partition coefficient (Wildman–Crippen LogP) is 0.587. The lowest BCUT2D eigenvalue weighted by Gasteiger charge is -2.34. The van der Waals surface area contributed by atoms with E-state index in [1.807, 2.05) is 30.3 Å². The van der Waals surface area contributed by atoms with Crippen LogP contribution >= 0.6 is 0 Å². The molecule has 0 spiro atoms. The summed E-state index contributed by atoms with van der Waals surface area (Å²) >= 11 is 0. The molecule has 0 saturated heterocycles. The Kier molecular flexibility index (Phi) is 10.9. The van der Waals surface area contributed by atoms with E-state index in [9.17, 15) is 24.6 Å². The van der Waals surface area contributed by atoms with E-state index < -0.39 is 36.1 Å². The van der Waals surface area contributed by atoms with Gasteiger partial charge in [-0.25, -0.2) is 4.98 Å². The first-order valence-electron chi connectivity index (χ1n) is 13.0. The van der Waals surface area contributed by atoms with E-state index in [0.717, 1.165) is 37.7 Å². The normalized spacial score (nSPS) is 18.4. The molecule has 1 fully saturated rings. The molecule has 0 radical (unpaired) electrons. The second kappa shape index (κ2) is 14.1. The Balaban J connectivity index is 1.69. The number of amides is 1. The van der Waals surface area contributed by atoms with Crippen molar-refractivity contribution in [1.82, 2.24) is 14.9 Å². The highest BCUT2D eigenvalue weighted by atomic mass is 16.3. The van der Waals surface area contributed by atoms with Gasteiger partial charge in [0.1, 0.15) is 18.7 Å². The molecule has 3 rings (SSSR count). The minimum Gasteiger partial charge on any atom is -0.390 e. The molecule has 7 N–H and O–H groups in total. The number of aromatic nitrogens is 2. The number of nitrogens with two attached hydrogens (primary N) is 2. The predicted molar refractivity (Wildman–Crippen MR) is 138 cm³/mol. The summed E-state index contributed by atoms with van der Waals surface area (Å²) in [6.45, 7) is -0.169. The highest BCUT2D eigenvalue weighted by Gasteiger charge is 2.35. The molecule has 1 amide bonds. The topological polar surface area (TPSA) is 174 Å². The summed E-state index contributed by atoms with van der Waals surface area (Å²) in [5.74, 6) is -1.38. The fourth-order valence-corrected chi connectivity index (χ4v) is 5.01. The second-order valence-electron chi connectivity index (χ2n) is 10.0. The van der Waals surface area contributed by atoms with Crippen molar-refractivity contribution in [3.05, 3.63) is 54.1 Å². The number of aliphatic hydroxyl groups excluding tert-OH is 2. The number of carbonyl (C=O) groups is 3. The van der Waals surface area contributed by atoms with Gasteiger partial charge in [0.2, 0.25) is 11.8 Å². The van der Waals surface area contributed by atoms with Crippen molar-refractivity contribution < 1.29 is 24.6 Å². The Hall–Kier alpha value is -2.92. The summed E-state index contributed by atoms with van der Waals surface area (Å²) in [7, 11) is 0. The van der Waals surface area contributed by atoms with E-state index in [0.29, 0.717) is 24.3 Å². The van der Waals surface area contributed by atoms with Crippen LogP contribution in [-0.4, -0.2) is 68.7 Å². The number of rotatable bonds is 13. The van der Waals surface area contributed by atoms with Crippen molar-refractivity contribution >= 4 is 18.1 Å². The number of carbonyl (C=O) groups excluding carboxylic acids is 3. The van der Waals surface area contributed by atoms with Gasteiger partial charge in [-0.15, -0.1) is 0 Å². The van der Waals surface area contributed by atoms with Crippen LogP contribution in [0.25, 0.3) is 0 Å². The molecule has 5 atom stereocenters. The average Bonchev–Trinajstić information content (AvgIpc) is 3.39. The smallest absolute Gasteiger partial charge is 0.245 e. The first-order chi connectivity index (χ1) is 17.8. The van der Waals surface area contributed by atoms with Gasteiger partial charge in [0.05, 0.1) is 30.4 Å². The van der Waals surface area contributed by atoms with Crippen LogP contribution in [0.15, 0.2) is 42.9 Å². The molecule has 202 valence electrons. The lowest BCUT2D eigenvalue weighted by molar-refractivity contribution is -0.126. The van der Waals surface area contributed by atoms with Gasteiger partial charge >= 0.3 is 0 Å². The van der Waals surface area contributed by atoms with Crippen molar-refractivity contribution in [3.63, 3.8) is 0 Å². The molecule has 1 aliphatic rings. The number of hydrogen-bond donors (Lipinski definition) is 5. The summed E-state index contributed by atoms with van der Waals surface area (Å²) < 4.78 is 1.25. The number of imidazole rings is 1. The molecule has 10 heteroatoms. The molecule has 10 nitrogen and oxygen atoms in total. The van der Waals surface area contributed by atoms with Crippen LogP contribution in [0.1, 0.15) is 54.6 Å². The Bertz CT molecular complexity index is 1010. The van der Waals surface area contributed by atoms with Gasteiger partial charge in [-0.05, 0) is 24.3 Å². The van der Waals surface area contributed by atoms with Gasteiger partial charge in [-0.1, -0.05) is 62.4 Å². The van der Waals surface area contributed by atoms with Crippen LogP contribution in [0.3, 0.4) is 0 Å². The van der Waals surface area contributed by atoms with Crippen molar-refractivity contribution in [3.8, 4) is 0 Å². The number of nitrogens with one attached hydrogen (secondary N) is 1. The largest absolute Gasteiger partial charge is 0.390 e. The third kappa shape index (κ3) is 8.29. The van der Waals surface area contributed by atoms with E-state index in [4.69, 9.17) is 11.5 Å². The van der Waals surface area contributed by atoms with Crippen molar-refractivity contribution in [1.29, 1.82) is 0 Å². The Labute approximate surface area is 217 Å². The number of hydrogen-bond acceptors (Lipinski definition) is 8. The van der Waals surface area contributed by atoms with Gasteiger partial charge in [0, 0.05) is 18.5 Å². The number of benzene rings is 1. The van der Waals surface area contributed by atoms with Crippen LogP contribution in [0, 0.1) is 11.8 Å². The molecular formula is C27H39N5O5. The van der Waals surface area contributed by atoms with Crippen LogP contribution in [-0.2, 0) is 22.4 Å². The number of nitrogens with zero attached hydrogens (tertiary/aromatic N) is 2. The molecule has 1 aromatic heterocycles. The maximum absolute atomic E-state index is 13.0. The minimum atomic E-state index is -1.36. The fraction of sp³-hybridized carbons (Fsp3) is 0.556. The third-order valence-electron chi connectivity index (χ3n) is 7.19. The van der Waals surface area contributed by atoms with Crippen molar-refractivity contribution in [2.75, 3.05) is 6.54 Å². The van der Waals surface area contributed by atoms with Gasteiger partial charge < -0.3 is 31.8 Å². The first kappa shape index (κ1) is 28.6. The van der Waals surface area contributed by atoms with E-state index in [2.05, 4.69) is 10.3 Å². The fourth-order valence-electron chi connectivity index (χ4n) is 5.01. The maximum atomic E-state index is 13.0.